The molecule has 0 aliphatic rings. The van der Waals surface area contributed by atoms with Gasteiger partial charge in [0.15, 0.2) is 11.5 Å². The molecule has 8 heteroatoms. The van der Waals surface area contributed by atoms with Gasteiger partial charge in [-0.3, -0.25) is 4.79 Å². The van der Waals surface area contributed by atoms with Crippen LogP contribution in [0.15, 0.2) is 58.7 Å². The van der Waals surface area contributed by atoms with Crippen LogP contribution in [0.2, 0.25) is 0 Å². The van der Waals surface area contributed by atoms with Crippen LogP contribution < -0.4 is 4.74 Å². The van der Waals surface area contributed by atoms with Gasteiger partial charge in [0.1, 0.15) is 22.1 Å². The highest BCUT2D eigenvalue weighted by atomic mass is 32.1. The number of nitrogens with zero attached hydrogens (tertiary/aromatic N) is 4. The Balaban J connectivity index is 0.000000388. The van der Waals surface area contributed by atoms with Crippen molar-refractivity contribution in [2.45, 2.75) is 48.6 Å². The summed E-state index contributed by atoms with van der Waals surface area (Å²) in [5.41, 5.74) is 2.68. The number of benzene rings is 1. The fraction of sp³-hybridized carbons (Fsp3) is 0.360. The van der Waals surface area contributed by atoms with E-state index < -0.39 is 0 Å². The fourth-order valence-electron chi connectivity index (χ4n) is 2.68. The first-order valence-corrected chi connectivity index (χ1v) is 10.9. The van der Waals surface area contributed by atoms with E-state index in [1.165, 1.54) is 6.26 Å². The molecule has 0 bridgehead atoms. The molecule has 178 valence electrons. The van der Waals surface area contributed by atoms with Crippen molar-refractivity contribution < 1.29 is 13.9 Å². The number of carbonyl (C=O) groups is 1. The summed E-state index contributed by atoms with van der Waals surface area (Å²) in [6, 6.07) is 11.4. The molecule has 3 aromatic heterocycles. The number of furan rings is 1. The molecule has 0 aliphatic heterocycles. The van der Waals surface area contributed by atoms with Gasteiger partial charge in [-0.1, -0.05) is 28.7 Å². The standard InChI is InChI=1S/C15H16N4OS.C8H10O2.2CH4/c1-10(2)19-17-13(11-4-6-12(20-3)7-5-11)14(18-19)15-16-8-9-21-15;1-6(2)8(9)7-4-3-5-10-7;;/h4-10H,1-3H3;3-6H,1-2H3;2*1H4. The zero-order chi connectivity index (χ0) is 22.4. The first-order valence-electron chi connectivity index (χ1n) is 9.99. The van der Waals surface area contributed by atoms with Gasteiger partial charge in [-0.25, -0.2) is 4.98 Å². The lowest BCUT2D eigenvalue weighted by atomic mass is 10.1. The van der Waals surface area contributed by atoms with Gasteiger partial charge in [0.25, 0.3) is 0 Å². The lowest BCUT2D eigenvalue weighted by molar-refractivity contribution is 0.0911. The lowest BCUT2D eigenvalue weighted by Crippen LogP contribution is -2.05. The highest BCUT2D eigenvalue weighted by molar-refractivity contribution is 7.13. The molecule has 7 nitrogen and oxygen atoms in total. The molecule has 0 saturated heterocycles. The van der Waals surface area contributed by atoms with E-state index in [9.17, 15) is 4.79 Å². The Kier molecular flexibility index (Phi) is 10.7. The summed E-state index contributed by atoms with van der Waals surface area (Å²) < 4.78 is 10.1. The summed E-state index contributed by atoms with van der Waals surface area (Å²) >= 11 is 1.57. The highest BCUT2D eigenvalue weighted by Gasteiger charge is 2.18. The third kappa shape index (κ3) is 6.86. The molecule has 0 atom stereocenters. The quantitative estimate of drug-likeness (QED) is 0.281. The van der Waals surface area contributed by atoms with Crippen molar-refractivity contribution in [2.75, 3.05) is 7.11 Å². The summed E-state index contributed by atoms with van der Waals surface area (Å²) in [4.78, 5) is 17.2. The Labute approximate surface area is 200 Å². The van der Waals surface area contributed by atoms with Gasteiger partial charge >= 0.3 is 0 Å². The molecule has 33 heavy (non-hydrogen) atoms. The largest absolute Gasteiger partial charge is 0.497 e. The van der Waals surface area contributed by atoms with Gasteiger partial charge in [-0.2, -0.15) is 9.90 Å². The van der Waals surface area contributed by atoms with Crippen LogP contribution in [0.4, 0.5) is 0 Å². The molecule has 1 aromatic carbocycles. The predicted octanol–water partition coefficient (Wildman–Crippen LogP) is 7.05. The number of hydrogen-bond donors (Lipinski definition) is 0. The molecule has 0 spiro atoms. The van der Waals surface area contributed by atoms with E-state index in [1.54, 1.807) is 41.6 Å². The van der Waals surface area contributed by atoms with Crippen LogP contribution in [0.3, 0.4) is 0 Å². The minimum absolute atomic E-state index is 0. The van der Waals surface area contributed by atoms with E-state index in [4.69, 9.17) is 9.15 Å². The van der Waals surface area contributed by atoms with Crippen molar-refractivity contribution in [3.63, 3.8) is 0 Å². The Morgan fingerprint density at radius 1 is 1.03 bits per heavy atom. The van der Waals surface area contributed by atoms with E-state index in [0.29, 0.717) is 5.76 Å². The van der Waals surface area contributed by atoms with Crippen molar-refractivity contribution in [1.29, 1.82) is 0 Å². The Morgan fingerprint density at radius 2 is 1.70 bits per heavy atom. The second-order valence-electron chi connectivity index (χ2n) is 7.37. The number of ketones is 1. The van der Waals surface area contributed by atoms with E-state index in [-0.39, 0.29) is 32.6 Å². The Morgan fingerprint density at radius 3 is 2.18 bits per heavy atom. The van der Waals surface area contributed by atoms with E-state index >= 15 is 0 Å². The summed E-state index contributed by atoms with van der Waals surface area (Å²) in [7, 11) is 1.66. The number of ether oxygens (including phenoxy) is 1. The van der Waals surface area contributed by atoms with E-state index in [2.05, 4.69) is 29.0 Å². The van der Waals surface area contributed by atoms with Crippen LogP contribution in [0.25, 0.3) is 22.0 Å². The zero-order valence-corrected chi connectivity index (χ0v) is 19.1. The first kappa shape index (κ1) is 27.8. The summed E-state index contributed by atoms with van der Waals surface area (Å²) in [5.74, 6) is 1.36. The number of methoxy groups -OCH3 is 1. The molecule has 4 aromatic rings. The van der Waals surface area contributed by atoms with Gasteiger partial charge in [0.05, 0.1) is 19.4 Å². The molecule has 4 rings (SSSR count). The normalized spacial score (nSPS) is 10.2. The maximum absolute atomic E-state index is 11.1. The van der Waals surface area contributed by atoms with Gasteiger partial charge in [-0.05, 0) is 50.2 Å². The third-order valence-corrected chi connectivity index (χ3v) is 5.16. The van der Waals surface area contributed by atoms with Crippen LogP contribution in [-0.4, -0.2) is 32.9 Å². The van der Waals surface area contributed by atoms with Gasteiger partial charge in [-0.15, -0.1) is 16.4 Å². The maximum atomic E-state index is 11.1. The van der Waals surface area contributed by atoms with Crippen molar-refractivity contribution >= 4 is 17.1 Å². The number of carbonyl (C=O) groups excluding carboxylic acids is 1. The summed E-state index contributed by atoms with van der Waals surface area (Å²) in [6.45, 7) is 7.82. The highest BCUT2D eigenvalue weighted by Crippen LogP contribution is 2.31. The number of thiazole rings is 1. The van der Waals surface area contributed by atoms with Gasteiger partial charge in [0, 0.05) is 23.1 Å². The topological polar surface area (TPSA) is 83.0 Å². The average Bonchev–Trinajstić information content (AvgIpc) is 3.54. The van der Waals surface area contributed by atoms with E-state index in [1.807, 2.05) is 43.5 Å². The number of Topliss-reactive ketones (excluding diaryl/α,β-unsaturated/α-hetero) is 1. The SMILES string of the molecule is C.C.CC(C)C(=O)c1ccco1.COc1ccc(-c2nn(C(C)C)nc2-c2nccs2)cc1. The van der Waals surface area contributed by atoms with Crippen LogP contribution >= 0.6 is 11.3 Å². The maximum Gasteiger partial charge on any atom is 0.200 e. The van der Waals surface area contributed by atoms with E-state index in [0.717, 1.165) is 27.7 Å². The van der Waals surface area contributed by atoms with Gasteiger partial charge < -0.3 is 9.15 Å². The second kappa shape index (κ2) is 12.7. The molecule has 0 amide bonds. The Bertz CT molecular complexity index is 1080. The third-order valence-electron chi connectivity index (χ3n) is 4.38. The van der Waals surface area contributed by atoms with Crippen molar-refractivity contribution in [3.05, 3.63) is 60.0 Å². The minimum Gasteiger partial charge on any atom is -0.497 e. The number of aromatic nitrogens is 4. The molecule has 0 saturated carbocycles. The lowest BCUT2D eigenvalue weighted by Gasteiger charge is -2.02. The smallest absolute Gasteiger partial charge is 0.200 e. The molecule has 0 radical (unpaired) electrons. The minimum atomic E-state index is 0. The Hall–Kier alpha value is -3.26. The van der Waals surface area contributed by atoms with Crippen LogP contribution in [0.1, 0.15) is 59.1 Å². The molecule has 3 heterocycles. The molecular weight excluding hydrogens is 436 g/mol. The van der Waals surface area contributed by atoms with Crippen molar-refractivity contribution in [2.24, 2.45) is 5.92 Å². The number of hydrogen-bond acceptors (Lipinski definition) is 7. The second-order valence-corrected chi connectivity index (χ2v) is 8.27. The first-order chi connectivity index (χ1) is 14.9. The molecule has 0 fully saturated rings. The van der Waals surface area contributed by atoms with Gasteiger partial charge in [0.2, 0.25) is 0 Å². The average molecular weight is 471 g/mol. The fourth-order valence-corrected chi connectivity index (χ4v) is 3.31. The zero-order valence-electron chi connectivity index (χ0n) is 18.3. The van der Waals surface area contributed by atoms with Crippen LogP contribution in [-0.2, 0) is 0 Å². The molecule has 0 aliphatic carbocycles. The van der Waals surface area contributed by atoms with Crippen molar-refractivity contribution in [1.82, 2.24) is 20.0 Å². The monoisotopic (exact) mass is 470 g/mol. The molecular formula is C25H34N4O3S. The summed E-state index contributed by atoms with van der Waals surface area (Å²) in [6.07, 6.45) is 3.29. The molecule has 0 unspecified atom stereocenters. The van der Waals surface area contributed by atoms with Crippen LogP contribution in [0.5, 0.6) is 5.75 Å². The van der Waals surface area contributed by atoms with Crippen molar-refractivity contribution in [3.8, 4) is 27.7 Å². The summed E-state index contributed by atoms with van der Waals surface area (Å²) in [5, 5.41) is 12.0. The number of rotatable bonds is 6. The van der Waals surface area contributed by atoms with Crippen LogP contribution in [0, 0.1) is 5.92 Å². The molecule has 0 N–H and O–H groups in total. The predicted molar refractivity (Wildman–Crippen MR) is 135 cm³/mol.